The summed E-state index contributed by atoms with van der Waals surface area (Å²) < 4.78 is 5.27. The minimum absolute atomic E-state index is 0.168. The first-order valence-electron chi connectivity index (χ1n) is 6.43. The number of imide groups is 1. The van der Waals surface area contributed by atoms with Crippen LogP contribution in [-0.2, 0) is 16.9 Å². The van der Waals surface area contributed by atoms with Gasteiger partial charge in [0.25, 0.3) is 5.91 Å². The molecule has 0 radical (unpaired) electrons. The predicted molar refractivity (Wildman–Crippen MR) is 76.6 cm³/mol. The molecule has 21 heavy (non-hydrogen) atoms. The number of hydrogen-bond acceptors (Lipinski definition) is 3. The first-order chi connectivity index (χ1) is 10.0. The van der Waals surface area contributed by atoms with Crippen molar-refractivity contribution in [3.8, 4) is 0 Å². The summed E-state index contributed by atoms with van der Waals surface area (Å²) in [5.74, 6) is 0.0665. The van der Waals surface area contributed by atoms with Gasteiger partial charge < -0.3 is 9.73 Å². The van der Waals surface area contributed by atoms with Crippen LogP contribution in [0.25, 0.3) is 0 Å². The predicted octanol–water partition coefficient (Wildman–Crippen LogP) is 2.90. The molecule has 0 saturated carbocycles. The lowest BCUT2D eigenvalue weighted by Crippen LogP contribution is -2.40. The molecule has 1 aliphatic heterocycles. The van der Waals surface area contributed by atoms with Crippen molar-refractivity contribution < 1.29 is 14.0 Å². The highest BCUT2D eigenvalue weighted by atomic mass is 35.5. The molecule has 0 aliphatic carbocycles. The van der Waals surface area contributed by atoms with E-state index in [0.29, 0.717) is 10.8 Å². The van der Waals surface area contributed by atoms with Crippen LogP contribution in [0, 0.1) is 0 Å². The number of hydrogen-bond donors (Lipinski definition) is 1. The molecular weight excluding hydrogens is 292 g/mol. The number of carbonyl (C=O) groups is 2. The smallest absolute Gasteiger partial charge is 0.325 e. The average molecular weight is 305 g/mol. The van der Waals surface area contributed by atoms with Crippen molar-refractivity contribution in [2.24, 2.45) is 0 Å². The molecule has 1 aromatic carbocycles. The molecule has 2 aromatic rings. The molecule has 0 unspecified atom stereocenters. The average Bonchev–Trinajstić information content (AvgIpc) is 3.04. The maximum Gasteiger partial charge on any atom is 0.325 e. The van der Waals surface area contributed by atoms with Gasteiger partial charge >= 0.3 is 6.03 Å². The molecule has 3 rings (SSSR count). The molecule has 1 fully saturated rings. The van der Waals surface area contributed by atoms with Crippen LogP contribution in [0.5, 0.6) is 0 Å². The summed E-state index contributed by atoms with van der Waals surface area (Å²) in [6.45, 7) is 1.80. The number of benzene rings is 1. The fourth-order valence-electron chi connectivity index (χ4n) is 2.39. The maximum atomic E-state index is 12.6. The molecule has 5 nitrogen and oxygen atoms in total. The third-order valence-corrected chi connectivity index (χ3v) is 3.75. The summed E-state index contributed by atoms with van der Waals surface area (Å²) in [6, 6.07) is 9.96. The number of carbonyl (C=O) groups excluding carboxylic acids is 2. The lowest BCUT2D eigenvalue weighted by atomic mass is 9.99. The second kappa shape index (κ2) is 4.93. The van der Waals surface area contributed by atoms with E-state index in [1.165, 1.54) is 6.26 Å². The van der Waals surface area contributed by atoms with Crippen molar-refractivity contribution in [3.05, 3.63) is 59.0 Å². The minimum atomic E-state index is -1.17. The number of halogens is 1. The van der Waals surface area contributed by atoms with Crippen LogP contribution in [0.2, 0.25) is 5.02 Å². The van der Waals surface area contributed by atoms with Crippen molar-refractivity contribution >= 4 is 23.5 Å². The van der Waals surface area contributed by atoms with Crippen LogP contribution >= 0.6 is 11.6 Å². The summed E-state index contributed by atoms with van der Waals surface area (Å²) >= 11 is 5.92. The number of rotatable bonds is 3. The number of urea groups is 1. The molecule has 0 bridgehead atoms. The van der Waals surface area contributed by atoms with Crippen LogP contribution < -0.4 is 5.32 Å². The zero-order valence-corrected chi connectivity index (χ0v) is 12.1. The van der Waals surface area contributed by atoms with Crippen LogP contribution in [0.3, 0.4) is 0 Å². The lowest BCUT2D eigenvalue weighted by molar-refractivity contribution is -0.132. The number of furan rings is 1. The Morgan fingerprint density at radius 2 is 2.10 bits per heavy atom. The van der Waals surface area contributed by atoms with Gasteiger partial charge in [-0.05, 0) is 36.8 Å². The van der Waals surface area contributed by atoms with Gasteiger partial charge in [-0.3, -0.25) is 9.69 Å². The zero-order valence-electron chi connectivity index (χ0n) is 11.3. The van der Waals surface area contributed by atoms with Crippen molar-refractivity contribution in [2.45, 2.75) is 19.0 Å². The molecule has 3 amide bonds. The molecule has 1 N–H and O–H groups in total. The van der Waals surface area contributed by atoms with Gasteiger partial charge in [0.2, 0.25) is 0 Å². The molecule has 108 valence electrons. The van der Waals surface area contributed by atoms with E-state index in [0.717, 1.165) is 10.5 Å². The second-order valence-electron chi connectivity index (χ2n) is 5.05. The maximum absolute atomic E-state index is 12.6. The molecule has 6 heteroatoms. The first kappa shape index (κ1) is 13.7. The molecule has 1 atom stereocenters. The fraction of sp³-hybridized carbons (Fsp3) is 0.200. The topological polar surface area (TPSA) is 62.6 Å². The van der Waals surface area contributed by atoms with Crippen molar-refractivity contribution in [2.75, 3.05) is 0 Å². The standard InChI is InChI=1S/C15H13ClN2O3/c1-15(12-6-3-7-21-12)13(19)18(14(20)17-15)9-10-4-2-5-11(16)8-10/h2-8H,9H2,1H3,(H,17,20)/t15-/m1/s1. The molecule has 0 spiro atoms. The number of nitrogens with zero attached hydrogens (tertiary/aromatic N) is 1. The van der Waals surface area contributed by atoms with Gasteiger partial charge in [-0.15, -0.1) is 0 Å². The lowest BCUT2D eigenvalue weighted by Gasteiger charge is -2.19. The monoisotopic (exact) mass is 304 g/mol. The van der Waals surface area contributed by atoms with Crippen LogP contribution in [-0.4, -0.2) is 16.8 Å². The largest absolute Gasteiger partial charge is 0.466 e. The first-order valence-corrected chi connectivity index (χ1v) is 6.81. The zero-order chi connectivity index (χ0) is 15.0. The van der Waals surface area contributed by atoms with Gasteiger partial charge in [-0.1, -0.05) is 23.7 Å². The van der Waals surface area contributed by atoms with E-state index in [-0.39, 0.29) is 12.5 Å². The Kier molecular flexibility index (Phi) is 3.22. The van der Waals surface area contributed by atoms with E-state index >= 15 is 0 Å². The highest BCUT2D eigenvalue weighted by Gasteiger charge is 2.50. The summed E-state index contributed by atoms with van der Waals surface area (Å²) in [6.07, 6.45) is 1.47. The van der Waals surface area contributed by atoms with E-state index in [4.69, 9.17) is 16.0 Å². The molecule has 1 aromatic heterocycles. The van der Waals surface area contributed by atoms with E-state index in [2.05, 4.69) is 5.32 Å². The normalized spacial score (nSPS) is 21.7. The molecule has 1 saturated heterocycles. The molecule has 2 heterocycles. The van der Waals surface area contributed by atoms with Gasteiger partial charge in [0.05, 0.1) is 12.8 Å². The number of nitrogens with one attached hydrogen (secondary N) is 1. The molecule has 1 aliphatic rings. The third kappa shape index (κ3) is 2.29. The highest BCUT2D eigenvalue weighted by molar-refractivity contribution is 6.30. The van der Waals surface area contributed by atoms with E-state index in [9.17, 15) is 9.59 Å². The van der Waals surface area contributed by atoms with Crippen molar-refractivity contribution in [3.63, 3.8) is 0 Å². The Morgan fingerprint density at radius 3 is 2.76 bits per heavy atom. The quantitative estimate of drug-likeness (QED) is 0.887. The Morgan fingerprint density at radius 1 is 1.29 bits per heavy atom. The van der Waals surface area contributed by atoms with Crippen molar-refractivity contribution in [1.82, 2.24) is 10.2 Å². The van der Waals surface area contributed by atoms with E-state index < -0.39 is 11.6 Å². The SMILES string of the molecule is C[C@]1(c2ccco2)NC(=O)N(Cc2cccc(Cl)c2)C1=O. The summed E-state index contributed by atoms with van der Waals surface area (Å²) in [4.78, 5) is 25.8. The van der Waals surface area contributed by atoms with E-state index in [1.54, 1.807) is 37.3 Å². The summed E-state index contributed by atoms with van der Waals surface area (Å²) in [7, 11) is 0. The Bertz CT molecular complexity index is 699. The van der Waals surface area contributed by atoms with Gasteiger partial charge in [-0.25, -0.2) is 4.79 Å². The van der Waals surface area contributed by atoms with Crippen LogP contribution in [0.1, 0.15) is 18.2 Å². The Hall–Kier alpha value is -2.27. The van der Waals surface area contributed by atoms with Crippen LogP contribution in [0.15, 0.2) is 47.1 Å². The number of amides is 3. The summed E-state index contributed by atoms with van der Waals surface area (Å²) in [5.41, 5.74) is -0.381. The van der Waals surface area contributed by atoms with Crippen LogP contribution in [0.4, 0.5) is 4.79 Å². The molecular formula is C15H13ClN2O3. The fourth-order valence-corrected chi connectivity index (χ4v) is 2.60. The van der Waals surface area contributed by atoms with Gasteiger partial charge in [0.1, 0.15) is 5.76 Å². The highest BCUT2D eigenvalue weighted by Crippen LogP contribution is 2.30. The second-order valence-corrected chi connectivity index (χ2v) is 5.49. The van der Waals surface area contributed by atoms with Gasteiger partial charge in [0.15, 0.2) is 5.54 Å². The van der Waals surface area contributed by atoms with Gasteiger partial charge in [0, 0.05) is 5.02 Å². The Labute approximate surface area is 126 Å². The summed E-state index contributed by atoms with van der Waals surface area (Å²) in [5, 5.41) is 3.24. The van der Waals surface area contributed by atoms with Crippen molar-refractivity contribution in [1.29, 1.82) is 0 Å². The Balaban J connectivity index is 1.88. The minimum Gasteiger partial charge on any atom is -0.466 e. The third-order valence-electron chi connectivity index (χ3n) is 3.52. The van der Waals surface area contributed by atoms with Gasteiger partial charge in [-0.2, -0.15) is 0 Å². The van der Waals surface area contributed by atoms with E-state index in [1.807, 2.05) is 6.07 Å².